The average Bonchev–Trinajstić information content (AvgIpc) is 2.36. The molecular formula is C16H15FO2S. The fourth-order valence-electron chi connectivity index (χ4n) is 2.08. The number of thioether (sulfide) groups is 1. The Morgan fingerprint density at radius 2 is 1.80 bits per heavy atom. The Labute approximate surface area is 121 Å². The van der Waals surface area contributed by atoms with E-state index in [9.17, 15) is 9.18 Å². The lowest BCUT2D eigenvalue weighted by Gasteiger charge is -2.06. The van der Waals surface area contributed by atoms with Gasteiger partial charge in [0.05, 0.1) is 5.56 Å². The van der Waals surface area contributed by atoms with Crippen LogP contribution in [-0.4, -0.2) is 11.1 Å². The molecule has 1 N–H and O–H groups in total. The summed E-state index contributed by atoms with van der Waals surface area (Å²) in [4.78, 5) is 11.6. The van der Waals surface area contributed by atoms with Gasteiger partial charge in [-0.25, -0.2) is 9.18 Å². The number of carboxylic acid groups (broad SMARTS) is 1. The van der Waals surface area contributed by atoms with Crippen molar-refractivity contribution in [3.8, 4) is 0 Å². The molecule has 2 nitrogen and oxygen atoms in total. The SMILES string of the molecule is Cc1cc(C)cc(CSc2ccc(F)c(C(=O)O)c2)c1. The van der Waals surface area contributed by atoms with E-state index in [1.165, 1.54) is 40.6 Å². The van der Waals surface area contributed by atoms with E-state index in [2.05, 4.69) is 18.2 Å². The van der Waals surface area contributed by atoms with Crippen molar-refractivity contribution in [3.05, 3.63) is 64.5 Å². The largest absolute Gasteiger partial charge is 0.478 e. The third kappa shape index (κ3) is 3.61. The van der Waals surface area contributed by atoms with E-state index < -0.39 is 11.8 Å². The number of aromatic carboxylic acids is 1. The third-order valence-corrected chi connectivity index (χ3v) is 3.92. The first-order valence-electron chi connectivity index (χ1n) is 6.18. The van der Waals surface area contributed by atoms with Gasteiger partial charge in [-0.05, 0) is 37.6 Å². The highest BCUT2D eigenvalue weighted by Crippen LogP contribution is 2.25. The van der Waals surface area contributed by atoms with Gasteiger partial charge in [-0.2, -0.15) is 0 Å². The van der Waals surface area contributed by atoms with Crippen molar-refractivity contribution in [1.82, 2.24) is 0 Å². The Bertz CT molecular complexity index is 633. The fourth-order valence-corrected chi connectivity index (χ4v) is 2.94. The van der Waals surface area contributed by atoms with Crippen LogP contribution in [0.1, 0.15) is 27.0 Å². The molecule has 0 unspecified atom stereocenters. The molecule has 0 aromatic heterocycles. The molecule has 0 aliphatic carbocycles. The van der Waals surface area contributed by atoms with Crippen molar-refractivity contribution in [2.75, 3.05) is 0 Å². The Morgan fingerprint density at radius 3 is 2.40 bits per heavy atom. The van der Waals surface area contributed by atoms with Crippen LogP contribution in [0.3, 0.4) is 0 Å². The van der Waals surface area contributed by atoms with E-state index in [1.54, 1.807) is 6.07 Å². The summed E-state index contributed by atoms with van der Waals surface area (Å²) < 4.78 is 13.3. The maximum absolute atomic E-state index is 13.3. The van der Waals surface area contributed by atoms with Crippen molar-refractivity contribution in [2.45, 2.75) is 24.5 Å². The third-order valence-electron chi connectivity index (χ3n) is 2.86. The molecule has 0 saturated carbocycles. The molecule has 0 heterocycles. The van der Waals surface area contributed by atoms with Crippen LogP contribution in [-0.2, 0) is 5.75 Å². The van der Waals surface area contributed by atoms with Gasteiger partial charge in [-0.15, -0.1) is 11.8 Å². The maximum atomic E-state index is 13.3. The first-order chi connectivity index (χ1) is 9.45. The first kappa shape index (κ1) is 14.6. The van der Waals surface area contributed by atoms with Gasteiger partial charge < -0.3 is 5.11 Å². The normalized spacial score (nSPS) is 10.6. The minimum Gasteiger partial charge on any atom is -0.478 e. The number of carbonyl (C=O) groups is 1. The number of carboxylic acids is 1. The van der Waals surface area contributed by atoms with E-state index in [-0.39, 0.29) is 5.56 Å². The Kier molecular flexibility index (Phi) is 4.45. The van der Waals surface area contributed by atoms with Crippen LogP contribution < -0.4 is 0 Å². The van der Waals surface area contributed by atoms with Crippen molar-refractivity contribution in [1.29, 1.82) is 0 Å². The van der Waals surface area contributed by atoms with E-state index >= 15 is 0 Å². The van der Waals surface area contributed by atoms with Gasteiger partial charge in [0.2, 0.25) is 0 Å². The molecule has 0 atom stereocenters. The molecule has 0 fully saturated rings. The zero-order valence-corrected chi connectivity index (χ0v) is 12.1. The number of hydrogen-bond donors (Lipinski definition) is 1. The van der Waals surface area contributed by atoms with Crippen molar-refractivity contribution in [3.63, 3.8) is 0 Å². The van der Waals surface area contributed by atoms with Gasteiger partial charge in [0, 0.05) is 10.6 Å². The first-order valence-corrected chi connectivity index (χ1v) is 7.17. The molecule has 104 valence electrons. The molecule has 2 rings (SSSR count). The van der Waals surface area contributed by atoms with Crippen LogP contribution in [0.4, 0.5) is 4.39 Å². The minimum atomic E-state index is -1.24. The Hall–Kier alpha value is -1.81. The quantitative estimate of drug-likeness (QED) is 0.846. The zero-order valence-electron chi connectivity index (χ0n) is 11.3. The van der Waals surface area contributed by atoms with Gasteiger partial charge in [-0.3, -0.25) is 0 Å². The topological polar surface area (TPSA) is 37.3 Å². The highest BCUT2D eigenvalue weighted by molar-refractivity contribution is 7.98. The van der Waals surface area contributed by atoms with E-state index in [0.717, 1.165) is 10.6 Å². The molecule has 0 saturated heterocycles. The molecule has 2 aromatic carbocycles. The number of halogens is 1. The molecular weight excluding hydrogens is 275 g/mol. The minimum absolute atomic E-state index is 0.282. The zero-order chi connectivity index (χ0) is 14.7. The second-order valence-electron chi connectivity index (χ2n) is 4.73. The molecule has 0 radical (unpaired) electrons. The summed E-state index contributed by atoms with van der Waals surface area (Å²) >= 11 is 1.50. The molecule has 0 aliphatic rings. The monoisotopic (exact) mass is 290 g/mol. The lowest BCUT2D eigenvalue weighted by atomic mass is 10.1. The molecule has 20 heavy (non-hydrogen) atoms. The fraction of sp³-hybridized carbons (Fsp3) is 0.188. The van der Waals surface area contributed by atoms with Crippen molar-refractivity contribution in [2.24, 2.45) is 0 Å². The predicted octanol–water partition coefficient (Wildman–Crippen LogP) is 4.43. The van der Waals surface area contributed by atoms with Gasteiger partial charge in [0.25, 0.3) is 0 Å². The van der Waals surface area contributed by atoms with Crippen LogP contribution in [0.5, 0.6) is 0 Å². The molecule has 0 spiro atoms. The molecule has 0 aliphatic heterocycles. The smallest absolute Gasteiger partial charge is 0.338 e. The second kappa shape index (κ2) is 6.09. The van der Waals surface area contributed by atoms with E-state index in [0.29, 0.717) is 0 Å². The Balaban J connectivity index is 2.14. The second-order valence-corrected chi connectivity index (χ2v) is 5.78. The summed E-state index contributed by atoms with van der Waals surface area (Å²) in [6.07, 6.45) is 0. The van der Waals surface area contributed by atoms with Gasteiger partial charge in [0.15, 0.2) is 0 Å². The van der Waals surface area contributed by atoms with Crippen LogP contribution in [0, 0.1) is 19.7 Å². The van der Waals surface area contributed by atoms with E-state index in [4.69, 9.17) is 5.11 Å². The summed E-state index contributed by atoms with van der Waals surface area (Å²) in [6.45, 7) is 4.09. The average molecular weight is 290 g/mol. The summed E-state index contributed by atoms with van der Waals surface area (Å²) in [5.41, 5.74) is 3.29. The maximum Gasteiger partial charge on any atom is 0.338 e. The van der Waals surface area contributed by atoms with Gasteiger partial charge in [-0.1, -0.05) is 29.3 Å². The lowest BCUT2D eigenvalue weighted by molar-refractivity contribution is 0.0691. The van der Waals surface area contributed by atoms with Crippen LogP contribution in [0.2, 0.25) is 0 Å². The molecule has 2 aromatic rings. The van der Waals surface area contributed by atoms with Gasteiger partial charge in [0.1, 0.15) is 5.82 Å². The molecule has 0 amide bonds. The van der Waals surface area contributed by atoms with Crippen LogP contribution in [0.25, 0.3) is 0 Å². The predicted molar refractivity (Wildman–Crippen MR) is 78.8 cm³/mol. The number of benzene rings is 2. The van der Waals surface area contributed by atoms with E-state index in [1.807, 2.05) is 13.8 Å². The highest BCUT2D eigenvalue weighted by atomic mass is 32.2. The lowest BCUT2D eigenvalue weighted by Crippen LogP contribution is -2.00. The highest BCUT2D eigenvalue weighted by Gasteiger charge is 2.11. The van der Waals surface area contributed by atoms with Crippen molar-refractivity contribution >= 4 is 17.7 Å². The van der Waals surface area contributed by atoms with Crippen molar-refractivity contribution < 1.29 is 14.3 Å². The standard InChI is InChI=1S/C16H15FO2S/c1-10-5-11(2)7-12(6-10)9-20-13-3-4-15(17)14(8-13)16(18)19/h3-8H,9H2,1-2H3,(H,18,19). The van der Waals surface area contributed by atoms with Gasteiger partial charge >= 0.3 is 5.97 Å². The Morgan fingerprint density at radius 1 is 1.15 bits per heavy atom. The molecule has 0 bridgehead atoms. The summed E-state index contributed by atoms with van der Waals surface area (Å²) in [7, 11) is 0. The van der Waals surface area contributed by atoms with Crippen LogP contribution in [0.15, 0.2) is 41.3 Å². The molecule has 4 heteroatoms. The number of aryl methyl sites for hydroxylation is 2. The summed E-state index contributed by atoms with van der Waals surface area (Å²) in [5.74, 6) is -1.21. The summed E-state index contributed by atoms with van der Waals surface area (Å²) in [5, 5.41) is 8.90. The number of hydrogen-bond acceptors (Lipinski definition) is 2. The number of rotatable bonds is 4. The van der Waals surface area contributed by atoms with Crippen LogP contribution >= 0.6 is 11.8 Å². The summed E-state index contributed by atoms with van der Waals surface area (Å²) in [6, 6.07) is 10.5.